The minimum atomic E-state index is -0.0960. The number of hydrogen-bond donors (Lipinski definition) is 1. The molecule has 134 valence electrons. The van der Waals surface area contributed by atoms with Gasteiger partial charge in [0.15, 0.2) is 0 Å². The average Bonchev–Trinajstić information content (AvgIpc) is 2.64. The SMILES string of the molecule is CCOC[C@@H]1CCCN(c2ccc(-c3nc(C)c(C)c(=O)[nH]3)cn2)C1. The van der Waals surface area contributed by atoms with E-state index in [2.05, 4.69) is 19.9 Å². The first kappa shape index (κ1) is 17.6. The van der Waals surface area contributed by atoms with Crippen LogP contribution in [-0.2, 0) is 4.74 Å². The number of hydrogen-bond acceptors (Lipinski definition) is 5. The number of piperidine rings is 1. The second-order valence-corrected chi connectivity index (χ2v) is 6.64. The Morgan fingerprint density at radius 2 is 2.20 bits per heavy atom. The van der Waals surface area contributed by atoms with Crippen molar-refractivity contribution in [1.29, 1.82) is 0 Å². The molecule has 1 N–H and O–H groups in total. The Labute approximate surface area is 148 Å². The molecule has 25 heavy (non-hydrogen) atoms. The van der Waals surface area contributed by atoms with Crippen LogP contribution in [0.1, 0.15) is 31.0 Å². The number of aromatic amines is 1. The van der Waals surface area contributed by atoms with Crippen molar-refractivity contribution in [2.75, 3.05) is 31.2 Å². The molecule has 0 spiro atoms. The highest BCUT2D eigenvalue weighted by molar-refractivity contribution is 5.56. The molecule has 3 heterocycles. The second-order valence-electron chi connectivity index (χ2n) is 6.64. The van der Waals surface area contributed by atoms with E-state index in [4.69, 9.17) is 4.74 Å². The van der Waals surface area contributed by atoms with Gasteiger partial charge in [0.25, 0.3) is 5.56 Å². The van der Waals surface area contributed by atoms with Crippen molar-refractivity contribution in [1.82, 2.24) is 15.0 Å². The summed E-state index contributed by atoms with van der Waals surface area (Å²) < 4.78 is 5.58. The zero-order valence-electron chi connectivity index (χ0n) is 15.2. The van der Waals surface area contributed by atoms with E-state index in [0.29, 0.717) is 17.3 Å². The Morgan fingerprint density at radius 1 is 1.36 bits per heavy atom. The number of nitrogens with zero attached hydrogens (tertiary/aromatic N) is 3. The summed E-state index contributed by atoms with van der Waals surface area (Å²) in [6.07, 6.45) is 4.16. The topological polar surface area (TPSA) is 71.1 Å². The summed E-state index contributed by atoms with van der Waals surface area (Å²) in [7, 11) is 0. The highest BCUT2D eigenvalue weighted by atomic mass is 16.5. The lowest BCUT2D eigenvalue weighted by Crippen LogP contribution is -2.37. The number of H-pyrrole nitrogens is 1. The first-order valence-electron chi connectivity index (χ1n) is 8.95. The van der Waals surface area contributed by atoms with Gasteiger partial charge in [-0.25, -0.2) is 9.97 Å². The Balaban J connectivity index is 1.75. The predicted molar refractivity (Wildman–Crippen MR) is 99.0 cm³/mol. The Bertz CT molecular complexity index is 770. The Morgan fingerprint density at radius 3 is 2.88 bits per heavy atom. The molecule has 1 aliphatic rings. The molecule has 1 saturated heterocycles. The molecular formula is C19H26N4O2. The maximum absolute atomic E-state index is 11.9. The van der Waals surface area contributed by atoms with Crippen LogP contribution in [0.15, 0.2) is 23.1 Å². The number of ether oxygens (including phenoxy) is 1. The Kier molecular flexibility index (Phi) is 5.48. The number of pyridine rings is 1. The lowest BCUT2D eigenvalue weighted by Gasteiger charge is -2.33. The van der Waals surface area contributed by atoms with Gasteiger partial charge in [0.05, 0.1) is 6.61 Å². The minimum Gasteiger partial charge on any atom is -0.381 e. The quantitative estimate of drug-likeness (QED) is 0.904. The van der Waals surface area contributed by atoms with E-state index in [-0.39, 0.29) is 5.56 Å². The van der Waals surface area contributed by atoms with Crippen LogP contribution in [0, 0.1) is 19.8 Å². The van der Waals surface area contributed by atoms with Gasteiger partial charge in [-0.15, -0.1) is 0 Å². The fourth-order valence-corrected chi connectivity index (χ4v) is 3.19. The summed E-state index contributed by atoms with van der Waals surface area (Å²) >= 11 is 0. The Hall–Kier alpha value is -2.21. The molecule has 6 heteroatoms. The summed E-state index contributed by atoms with van der Waals surface area (Å²) in [5.41, 5.74) is 2.13. The number of aryl methyl sites for hydroxylation is 1. The van der Waals surface area contributed by atoms with E-state index in [9.17, 15) is 4.79 Å². The van der Waals surface area contributed by atoms with Gasteiger partial charge in [-0.2, -0.15) is 0 Å². The van der Waals surface area contributed by atoms with Gasteiger partial charge in [-0.1, -0.05) is 0 Å². The molecule has 3 rings (SSSR count). The van der Waals surface area contributed by atoms with Crippen molar-refractivity contribution in [3.8, 4) is 11.4 Å². The van der Waals surface area contributed by atoms with Gasteiger partial charge in [0.1, 0.15) is 11.6 Å². The van der Waals surface area contributed by atoms with E-state index in [0.717, 1.165) is 49.8 Å². The van der Waals surface area contributed by atoms with Crippen molar-refractivity contribution >= 4 is 5.82 Å². The third-order valence-corrected chi connectivity index (χ3v) is 4.82. The smallest absolute Gasteiger partial charge is 0.254 e. The number of anilines is 1. The van der Waals surface area contributed by atoms with Crippen LogP contribution >= 0.6 is 0 Å². The highest BCUT2D eigenvalue weighted by Gasteiger charge is 2.21. The number of rotatable bonds is 5. The fourth-order valence-electron chi connectivity index (χ4n) is 3.19. The van der Waals surface area contributed by atoms with E-state index < -0.39 is 0 Å². The monoisotopic (exact) mass is 342 g/mol. The van der Waals surface area contributed by atoms with E-state index >= 15 is 0 Å². The summed E-state index contributed by atoms with van der Waals surface area (Å²) in [5.74, 6) is 2.10. The molecular weight excluding hydrogens is 316 g/mol. The van der Waals surface area contributed by atoms with Gasteiger partial charge in [-0.3, -0.25) is 4.79 Å². The van der Waals surface area contributed by atoms with Crippen LogP contribution in [0.4, 0.5) is 5.82 Å². The standard InChI is InChI=1S/C19H26N4O2/c1-4-25-12-15-6-5-9-23(11-15)17-8-7-16(10-20-17)18-21-14(3)13(2)19(24)22-18/h7-8,10,15H,4-6,9,11-12H2,1-3H3,(H,21,22,24)/t15-/m1/s1. The lowest BCUT2D eigenvalue weighted by molar-refractivity contribution is 0.104. The van der Waals surface area contributed by atoms with E-state index in [1.54, 1.807) is 13.1 Å². The zero-order valence-corrected chi connectivity index (χ0v) is 15.2. The van der Waals surface area contributed by atoms with Crippen LogP contribution in [0.25, 0.3) is 11.4 Å². The average molecular weight is 342 g/mol. The molecule has 0 aromatic carbocycles. The van der Waals surface area contributed by atoms with Crippen LogP contribution in [-0.4, -0.2) is 41.3 Å². The van der Waals surface area contributed by atoms with Gasteiger partial charge >= 0.3 is 0 Å². The van der Waals surface area contributed by atoms with Gasteiger partial charge in [-0.05, 0) is 51.7 Å². The third kappa shape index (κ3) is 4.07. The molecule has 2 aromatic rings. The number of nitrogens with one attached hydrogen (secondary N) is 1. The molecule has 0 radical (unpaired) electrons. The van der Waals surface area contributed by atoms with Crippen LogP contribution in [0.5, 0.6) is 0 Å². The molecule has 2 aromatic heterocycles. The highest BCUT2D eigenvalue weighted by Crippen LogP contribution is 2.23. The second kappa shape index (κ2) is 7.78. The molecule has 6 nitrogen and oxygen atoms in total. The largest absolute Gasteiger partial charge is 0.381 e. The van der Waals surface area contributed by atoms with Crippen molar-refractivity contribution in [3.63, 3.8) is 0 Å². The lowest BCUT2D eigenvalue weighted by atomic mass is 9.99. The van der Waals surface area contributed by atoms with Gasteiger partial charge < -0.3 is 14.6 Å². The van der Waals surface area contributed by atoms with Crippen LogP contribution in [0.3, 0.4) is 0 Å². The third-order valence-electron chi connectivity index (χ3n) is 4.82. The maximum Gasteiger partial charge on any atom is 0.254 e. The molecule has 0 unspecified atom stereocenters. The molecule has 0 saturated carbocycles. The van der Waals surface area contributed by atoms with Crippen molar-refractivity contribution in [3.05, 3.63) is 39.9 Å². The molecule has 0 aliphatic carbocycles. The van der Waals surface area contributed by atoms with Crippen LogP contribution < -0.4 is 10.5 Å². The molecule has 0 bridgehead atoms. The van der Waals surface area contributed by atoms with Gasteiger partial charge in [0, 0.05) is 42.7 Å². The minimum absolute atomic E-state index is 0.0960. The summed E-state index contributed by atoms with van der Waals surface area (Å²) in [4.78, 5) is 26.1. The first-order valence-corrected chi connectivity index (χ1v) is 8.95. The molecule has 1 atom stereocenters. The number of aromatic nitrogens is 3. The summed E-state index contributed by atoms with van der Waals surface area (Å²) in [5, 5.41) is 0. The van der Waals surface area contributed by atoms with Crippen molar-refractivity contribution in [2.45, 2.75) is 33.6 Å². The summed E-state index contributed by atoms with van der Waals surface area (Å²) in [6.45, 7) is 9.25. The normalized spacial score (nSPS) is 17.7. The predicted octanol–water partition coefficient (Wildman–Crippen LogP) is 2.70. The van der Waals surface area contributed by atoms with E-state index in [1.165, 1.54) is 6.42 Å². The first-order chi connectivity index (χ1) is 12.1. The van der Waals surface area contributed by atoms with Gasteiger partial charge in [0.2, 0.25) is 0 Å². The van der Waals surface area contributed by atoms with E-state index in [1.807, 2.05) is 26.0 Å². The molecule has 1 aliphatic heterocycles. The fraction of sp³-hybridized carbons (Fsp3) is 0.526. The molecule has 1 fully saturated rings. The van der Waals surface area contributed by atoms with Crippen molar-refractivity contribution < 1.29 is 4.74 Å². The zero-order chi connectivity index (χ0) is 17.8. The van der Waals surface area contributed by atoms with Crippen molar-refractivity contribution in [2.24, 2.45) is 5.92 Å². The molecule has 0 amide bonds. The van der Waals surface area contributed by atoms with Crippen LogP contribution in [0.2, 0.25) is 0 Å². The maximum atomic E-state index is 11.9. The summed E-state index contributed by atoms with van der Waals surface area (Å²) in [6, 6.07) is 3.98.